The van der Waals surface area contributed by atoms with E-state index in [0.717, 1.165) is 6.42 Å². The van der Waals surface area contributed by atoms with Crippen LogP contribution in [-0.4, -0.2) is 7.05 Å². The van der Waals surface area contributed by atoms with Gasteiger partial charge in [0.15, 0.2) is 0 Å². The van der Waals surface area contributed by atoms with E-state index in [2.05, 4.69) is 44.3 Å². The molecule has 0 aromatic heterocycles. The molecule has 0 spiro atoms. The highest BCUT2D eigenvalue weighted by Gasteiger charge is 1.96. The van der Waals surface area contributed by atoms with Crippen molar-refractivity contribution < 1.29 is 0 Å². The molecule has 0 aliphatic heterocycles. The highest BCUT2D eigenvalue weighted by atomic mass is 14.8. The summed E-state index contributed by atoms with van der Waals surface area (Å²) in [7, 11) is 1.96. The van der Waals surface area contributed by atoms with Crippen LogP contribution in [0.4, 0.5) is 0 Å². The van der Waals surface area contributed by atoms with Gasteiger partial charge in [-0.05, 0) is 39.7 Å². The predicted octanol–water partition coefficient (Wildman–Crippen LogP) is 3.41. The van der Waals surface area contributed by atoms with Crippen molar-refractivity contribution in [2.45, 2.75) is 34.1 Å². The molecule has 74 valence electrons. The SMILES string of the molecule is C/C=C\C(=C/C)C/C(C)=C(\C)NC. The molecule has 1 nitrogen and oxygen atoms in total. The second-order valence-electron chi connectivity index (χ2n) is 3.20. The Morgan fingerprint density at radius 2 is 1.85 bits per heavy atom. The normalized spacial score (nSPS) is 14.7. The van der Waals surface area contributed by atoms with Gasteiger partial charge in [0.05, 0.1) is 0 Å². The molecule has 0 bridgehead atoms. The minimum atomic E-state index is 1.04. The van der Waals surface area contributed by atoms with Crippen molar-refractivity contribution in [2.24, 2.45) is 0 Å². The minimum Gasteiger partial charge on any atom is -0.392 e. The molecule has 13 heavy (non-hydrogen) atoms. The van der Waals surface area contributed by atoms with Crippen LogP contribution >= 0.6 is 0 Å². The minimum absolute atomic E-state index is 1.04. The maximum atomic E-state index is 3.16. The summed E-state index contributed by atoms with van der Waals surface area (Å²) in [4.78, 5) is 0. The highest BCUT2D eigenvalue weighted by Crippen LogP contribution is 2.13. The van der Waals surface area contributed by atoms with Crippen molar-refractivity contribution in [3.63, 3.8) is 0 Å². The zero-order chi connectivity index (χ0) is 10.3. The van der Waals surface area contributed by atoms with Crippen LogP contribution in [0.15, 0.2) is 35.1 Å². The van der Waals surface area contributed by atoms with Crippen LogP contribution in [0.1, 0.15) is 34.1 Å². The number of hydrogen-bond acceptors (Lipinski definition) is 1. The third-order valence-corrected chi connectivity index (χ3v) is 2.24. The van der Waals surface area contributed by atoms with Crippen molar-refractivity contribution in [1.82, 2.24) is 5.32 Å². The third-order valence-electron chi connectivity index (χ3n) is 2.24. The lowest BCUT2D eigenvalue weighted by molar-refractivity contribution is 0.931. The molecule has 1 N–H and O–H groups in total. The highest BCUT2D eigenvalue weighted by molar-refractivity contribution is 5.25. The summed E-state index contributed by atoms with van der Waals surface area (Å²) in [5.41, 5.74) is 4.03. The number of nitrogens with one attached hydrogen (secondary N) is 1. The van der Waals surface area contributed by atoms with Crippen LogP contribution in [0, 0.1) is 0 Å². The number of hydrogen-bond donors (Lipinski definition) is 1. The van der Waals surface area contributed by atoms with Gasteiger partial charge in [-0.2, -0.15) is 0 Å². The number of allylic oxidation sites excluding steroid dienone is 6. The largest absolute Gasteiger partial charge is 0.392 e. The molecule has 0 aliphatic carbocycles. The van der Waals surface area contributed by atoms with Crippen molar-refractivity contribution >= 4 is 0 Å². The van der Waals surface area contributed by atoms with Gasteiger partial charge in [0.2, 0.25) is 0 Å². The summed E-state index contributed by atoms with van der Waals surface area (Å²) in [5.74, 6) is 0. The van der Waals surface area contributed by atoms with Gasteiger partial charge >= 0.3 is 0 Å². The first kappa shape index (κ1) is 12.0. The molecular weight excluding hydrogens is 158 g/mol. The molecule has 0 atom stereocenters. The number of rotatable bonds is 4. The fourth-order valence-corrected chi connectivity index (χ4v) is 1.12. The van der Waals surface area contributed by atoms with Crippen LogP contribution < -0.4 is 5.32 Å². The van der Waals surface area contributed by atoms with Gasteiger partial charge < -0.3 is 5.32 Å². The first-order valence-corrected chi connectivity index (χ1v) is 4.77. The van der Waals surface area contributed by atoms with Crippen molar-refractivity contribution in [3.05, 3.63) is 35.1 Å². The van der Waals surface area contributed by atoms with E-state index in [0.29, 0.717) is 0 Å². The Bertz CT molecular complexity index is 232. The van der Waals surface area contributed by atoms with Crippen LogP contribution in [-0.2, 0) is 0 Å². The standard InChI is InChI=1S/C12H21N/c1-6-8-12(7-2)9-10(3)11(4)13-5/h6-8,13H,9H2,1-5H3/b8-6-,11-10+,12-7+. The van der Waals surface area contributed by atoms with Gasteiger partial charge in [-0.25, -0.2) is 0 Å². The van der Waals surface area contributed by atoms with Crippen LogP contribution in [0.5, 0.6) is 0 Å². The summed E-state index contributed by atoms with van der Waals surface area (Å²) in [6.45, 7) is 8.40. The monoisotopic (exact) mass is 179 g/mol. The molecule has 0 amide bonds. The molecular formula is C12H21N. The fourth-order valence-electron chi connectivity index (χ4n) is 1.12. The van der Waals surface area contributed by atoms with E-state index < -0.39 is 0 Å². The van der Waals surface area contributed by atoms with E-state index in [9.17, 15) is 0 Å². The zero-order valence-corrected chi connectivity index (χ0v) is 9.44. The molecule has 0 aromatic carbocycles. The van der Waals surface area contributed by atoms with Crippen molar-refractivity contribution in [3.8, 4) is 0 Å². The molecule has 1 heteroatoms. The molecule has 0 saturated carbocycles. The van der Waals surface area contributed by atoms with E-state index in [1.54, 1.807) is 0 Å². The topological polar surface area (TPSA) is 12.0 Å². The Morgan fingerprint density at radius 1 is 1.23 bits per heavy atom. The van der Waals surface area contributed by atoms with E-state index in [-0.39, 0.29) is 0 Å². The molecule has 0 rings (SSSR count). The Morgan fingerprint density at radius 3 is 2.23 bits per heavy atom. The Kier molecular flexibility index (Phi) is 6.03. The Labute approximate surface area is 82.2 Å². The van der Waals surface area contributed by atoms with Gasteiger partial charge in [-0.1, -0.05) is 23.8 Å². The average molecular weight is 179 g/mol. The Balaban J connectivity index is 4.43. The maximum Gasteiger partial charge on any atom is 0.00649 e. The van der Waals surface area contributed by atoms with Crippen LogP contribution in [0.2, 0.25) is 0 Å². The molecule has 0 saturated heterocycles. The summed E-state index contributed by atoms with van der Waals surface area (Å²) >= 11 is 0. The lowest BCUT2D eigenvalue weighted by atomic mass is 10.0. The third kappa shape index (κ3) is 4.56. The van der Waals surface area contributed by atoms with E-state index in [4.69, 9.17) is 0 Å². The second kappa shape index (κ2) is 6.53. The van der Waals surface area contributed by atoms with Crippen LogP contribution in [0.3, 0.4) is 0 Å². The van der Waals surface area contributed by atoms with Gasteiger partial charge in [0.1, 0.15) is 0 Å². The summed E-state index contributed by atoms with van der Waals surface area (Å²) in [6.07, 6.45) is 7.43. The molecule has 0 heterocycles. The summed E-state index contributed by atoms with van der Waals surface area (Å²) in [6, 6.07) is 0. The molecule has 0 unspecified atom stereocenters. The van der Waals surface area contributed by atoms with Crippen LogP contribution in [0.25, 0.3) is 0 Å². The van der Waals surface area contributed by atoms with Gasteiger partial charge in [0.25, 0.3) is 0 Å². The van der Waals surface area contributed by atoms with E-state index in [1.807, 2.05) is 14.0 Å². The average Bonchev–Trinajstić information content (AvgIpc) is 2.15. The lowest BCUT2D eigenvalue weighted by Crippen LogP contribution is -2.04. The smallest absolute Gasteiger partial charge is 0.00649 e. The quantitative estimate of drug-likeness (QED) is 0.652. The summed E-state index contributed by atoms with van der Waals surface area (Å²) < 4.78 is 0. The second-order valence-corrected chi connectivity index (χ2v) is 3.20. The van der Waals surface area contributed by atoms with E-state index >= 15 is 0 Å². The zero-order valence-electron chi connectivity index (χ0n) is 9.44. The molecule has 0 radical (unpaired) electrons. The fraction of sp³-hybridized carbons (Fsp3) is 0.500. The summed E-state index contributed by atoms with van der Waals surface area (Å²) in [5, 5.41) is 3.16. The van der Waals surface area contributed by atoms with Gasteiger partial charge in [-0.15, -0.1) is 0 Å². The first-order valence-electron chi connectivity index (χ1n) is 4.77. The Hall–Kier alpha value is -0.980. The van der Waals surface area contributed by atoms with E-state index in [1.165, 1.54) is 16.8 Å². The van der Waals surface area contributed by atoms with Crippen molar-refractivity contribution in [2.75, 3.05) is 7.05 Å². The molecule has 0 aliphatic rings. The molecule has 0 fully saturated rings. The maximum absolute atomic E-state index is 3.16. The van der Waals surface area contributed by atoms with Gasteiger partial charge in [0, 0.05) is 12.7 Å². The van der Waals surface area contributed by atoms with Crippen molar-refractivity contribution in [1.29, 1.82) is 0 Å². The molecule has 0 aromatic rings. The lowest BCUT2D eigenvalue weighted by Gasteiger charge is -2.07. The van der Waals surface area contributed by atoms with Gasteiger partial charge in [-0.3, -0.25) is 0 Å². The first-order chi connectivity index (χ1) is 6.15. The predicted molar refractivity (Wildman–Crippen MR) is 60.6 cm³/mol.